The second kappa shape index (κ2) is 6.93. The van der Waals surface area contributed by atoms with Crippen LogP contribution in [0.2, 0.25) is 0 Å². The Balaban J connectivity index is 1.43. The van der Waals surface area contributed by atoms with Gasteiger partial charge in [0.2, 0.25) is 0 Å². The Hall–Kier alpha value is -1.65. The van der Waals surface area contributed by atoms with Crippen LogP contribution in [0, 0.1) is 5.92 Å². The molecule has 2 heterocycles. The molecule has 1 fully saturated rings. The van der Waals surface area contributed by atoms with Crippen molar-refractivity contribution in [3.05, 3.63) is 42.4 Å². The molecule has 2 aromatic rings. The van der Waals surface area contributed by atoms with Crippen LogP contribution in [-0.4, -0.2) is 33.0 Å². The summed E-state index contributed by atoms with van der Waals surface area (Å²) in [7, 11) is 0. The number of imidazole rings is 1. The summed E-state index contributed by atoms with van der Waals surface area (Å²) in [6, 6.07) is 8.71. The van der Waals surface area contributed by atoms with E-state index in [9.17, 15) is 5.11 Å². The van der Waals surface area contributed by atoms with E-state index in [0.29, 0.717) is 18.1 Å². The molecular weight excluding hydrogens is 312 g/mol. The van der Waals surface area contributed by atoms with Crippen molar-refractivity contribution in [2.45, 2.75) is 70.3 Å². The highest BCUT2D eigenvalue weighted by Crippen LogP contribution is 2.42. The van der Waals surface area contributed by atoms with Crippen molar-refractivity contribution >= 4 is 0 Å². The van der Waals surface area contributed by atoms with Gasteiger partial charge < -0.3 is 14.4 Å². The van der Waals surface area contributed by atoms with Gasteiger partial charge in [0.15, 0.2) is 0 Å². The van der Waals surface area contributed by atoms with Gasteiger partial charge in [0, 0.05) is 5.56 Å². The number of hydrogen-bond acceptors (Lipinski definition) is 3. The molecule has 2 atom stereocenters. The molecule has 0 spiro atoms. The summed E-state index contributed by atoms with van der Waals surface area (Å²) >= 11 is 0. The lowest BCUT2D eigenvalue weighted by atomic mass is 9.81. The highest BCUT2D eigenvalue weighted by atomic mass is 16.5. The Morgan fingerprint density at radius 3 is 2.72 bits per heavy atom. The van der Waals surface area contributed by atoms with E-state index in [1.54, 1.807) is 0 Å². The van der Waals surface area contributed by atoms with Gasteiger partial charge in [-0.2, -0.15) is 0 Å². The number of aliphatic hydroxyl groups is 1. The fourth-order valence-electron chi connectivity index (χ4n) is 4.59. The van der Waals surface area contributed by atoms with Crippen LogP contribution in [-0.2, 0) is 4.74 Å². The first-order chi connectivity index (χ1) is 12.1. The van der Waals surface area contributed by atoms with Crippen molar-refractivity contribution in [1.29, 1.82) is 0 Å². The van der Waals surface area contributed by atoms with Crippen LogP contribution in [0.3, 0.4) is 0 Å². The molecule has 0 radical (unpaired) electrons. The SMILES string of the molecule is CC(C)OC1CCC(C(O)CC2c3ccccc3-c3cncn32)CC1. The standard InChI is InChI=1S/C21H28N2O2/c1-14(2)25-16-9-7-15(8-10-16)21(24)11-19-17-5-3-4-6-18(17)20-12-22-13-23(19)20/h3-6,12-16,19,21,24H,7-11H2,1-2H3. The van der Waals surface area contributed by atoms with Crippen LogP contribution in [0.1, 0.15) is 57.6 Å². The quantitative estimate of drug-likeness (QED) is 0.888. The number of nitrogens with zero attached hydrogens (tertiary/aromatic N) is 2. The smallest absolute Gasteiger partial charge is 0.0956 e. The summed E-state index contributed by atoms with van der Waals surface area (Å²) in [6.07, 6.45) is 9.24. The summed E-state index contributed by atoms with van der Waals surface area (Å²) in [6.45, 7) is 4.20. The maximum absolute atomic E-state index is 10.9. The third-order valence-corrected chi connectivity index (χ3v) is 5.79. The molecule has 0 bridgehead atoms. The minimum Gasteiger partial charge on any atom is -0.393 e. The molecule has 1 saturated carbocycles. The van der Waals surface area contributed by atoms with E-state index in [1.165, 1.54) is 16.8 Å². The zero-order chi connectivity index (χ0) is 17.4. The number of aromatic nitrogens is 2. The van der Waals surface area contributed by atoms with Crippen molar-refractivity contribution in [3.8, 4) is 11.3 Å². The van der Waals surface area contributed by atoms with Crippen LogP contribution >= 0.6 is 0 Å². The van der Waals surface area contributed by atoms with Gasteiger partial charge in [-0.3, -0.25) is 0 Å². The Kier molecular flexibility index (Phi) is 4.65. The van der Waals surface area contributed by atoms with Crippen molar-refractivity contribution in [3.63, 3.8) is 0 Å². The van der Waals surface area contributed by atoms with E-state index in [4.69, 9.17) is 4.74 Å². The van der Waals surface area contributed by atoms with E-state index in [2.05, 4.69) is 47.7 Å². The van der Waals surface area contributed by atoms with E-state index in [0.717, 1.165) is 32.1 Å². The number of rotatable bonds is 5. The van der Waals surface area contributed by atoms with Gasteiger partial charge in [0.25, 0.3) is 0 Å². The molecular formula is C21H28N2O2. The minimum absolute atomic E-state index is 0.202. The van der Waals surface area contributed by atoms with Gasteiger partial charge in [-0.25, -0.2) is 4.98 Å². The molecule has 1 aromatic heterocycles. The topological polar surface area (TPSA) is 47.3 Å². The number of benzene rings is 1. The zero-order valence-corrected chi connectivity index (χ0v) is 15.1. The summed E-state index contributed by atoms with van der Waals surface area (Å²) in [5.41, 5.74) is 3.74. The van der Waals surface area contributed by atoms with Gasteiger partial charge in [0.05, 0.1) is 42.6 Å². The molecule has 0 amide bonds. The monoisotopic (exact) mass is 340 g/mol. The fourth-order valence-corrected chi connectivity index (χ4v) is 4.59. The predicted octanol–water partition coefficient (Wildman–Crippen LogP) is 4.19. The summed E-state index contributed by atoms with van der Waals surface area (Å²) in [4.78, 5) is 4.31. The van der Waals surface area contributed by atoms with Gasteiger partial charge in [-0.05, 0) is 57.4 Å². The third kappa shape index (κ3) is 3.25. The summed E-state index contributed by atoms with van der Waals surface area (Å²) in [5.74, 6) is 0.381. The van der Waals surface area contributed by atoms with E-state index in [-0.39, 0.29) is 12.1 Å². The van der Waals surface area contributed by atoms with Crippen molar-refractivity contribution in [2.75, 3.05) is 0 Å². The highest BCUT2D eigenvalue weighted by molar-refractivity contribution is 5.68. The lowest BCUT2D eigenvalue weighted by Crippen LogP contribution is -2.31. The molecule has 134 valence electrons. The first-order valence-electron chi connectivity index (χ1n) is 9.58. The molecule has 25 heavy (non-hydrogen) atoms. The summed E-state index contributed by atoms with van der Waals surface area (Å²) < 4.78 is 8.16. The van der Waals surface area contributed by atoms with E-state index < -0.39 is 0 Å². The lowest BCUT2D eigenvalue weighted by Gasteiger charge is -2.33. The molecule has 2 unspecified atom stereocenters. The fraction of sp³-hybridized carbons (Fsp3) is 0.571. The Morgan fingerprint density at radius 1 is 1.20 bits per heavy atom. The van der Waals surface area contributed by atoms with Gasteiger partial charge in [0.1, 0.15) is 0 Å². The Morgan fingerprint density at radius 2 is 1.96 bits per heavy atom. The Bertz CT molecular complexity index is 716. The van der Waals surface area contributed by atoms with Gasteiger partial charge >= 0.3 is 0 Å². The van der Waals surface area contributed by atoms with Crippen LogP contribution in [0.4, 0.5) is 0 Å². The second-order valence-corrected chi connectivity index (χ2v) is 7.81. The van der Waals surface area contributed by atoms with Crippen molar-refractivity contribution in [1.82, 2.24) is 9.55 Å². The molecule has 0 saturated heterocycles. The number of fused-ring (bicyclic) bond motifs is 3. The lowest BCUT2D eigenvalue weighted by molar-refractivity contribution is -0.0354. The van der Waals surface area contributed by atoms with Crippen LogP contribution in [0.5, 0.6) is 0 Å². The van der Waals surface area contributed by atoms with E-state index in [1.807, 2.05) is 12.5 Å². The zero-order valence-electron chi connectivity index (χ0n) is 15.1. The average molecular weight is 340 g/mol. The van der Waals surface area contributed by atoms with Gasteiger partial charge in [-0.1, -0.05) is 24.3 Å². The first-order valence-corrected chi connectivity index (χ1v) is 9.58. The van der Waals surface area contributed by atoms with Gasteiger partial charge in [-0.15, -0.1) is 0 Å². The van der Waals surface area contributed by atoms with Crippen LogP contribution < -0.4 is 0 Å². The molecule has 4 nitrogen and oxygen atoms in total. The molecule has 1 N–H and O–H groups in total. The average Bonchev–Trinajstić information content (AvgIpc) is 3.18. The number of aliphatic hydroxyl groups excluding tert-OH is 1. The normalized spacial score (nSPS) is 26.5. The second-order valence-electron chi connectivity index (χ2n) is 7.81. The van der Waals surface area contributed by atoms with Crippen LogP contribution in [0.15, 0.2) is 36.8 Å². The first kappa shape index (κ1) is 16.8. The predicted molar refractivity (Wildman–Crippen MR) is 98.4 cm³/mol. The molecule has 4 rings (SSSR count). The Labute approximate surface area is 149 Å². The molecule has 1 aliphatic heterocycles. The van der Waals surface area contributed by atoms with E-state index >= 15 is 0 Å². The third-order valence-electron chi connectivity index (χ3n) is 5.79. The maximum atomic E-state index is 10.9. The molecule has 4 heteroatoms. The molecule has 2 aliphatic rings. The minimum atomic E-state index is -0.272. The molecule has 1 aliphatic carbocycles. The van der Waals surface area contributed by atoms with Crippen molar-refractivity contribution in [2.24, 2.45) is 5.92 Å². The molecule has 1 aromatic carbocycles. The largest absolute Gasteiger partial charge is 0.393 e. The number of ether oxygens (including phenoxy) is 1. The van der Waals surface area contributed by atoms with Crippen LogP contribution in [0.25, 0.3) is 11.3 Å². The highest BCUT2D eigenvalue weighted by Gasteiger charge is 2.33. The number of hydrogen-bond donors (Lipinski definition) is 1. The maximum Gasteiger partial charge on any atom is 0.0956 e. The summed E-state index contributed by atoms with van der Waals surface area (Å²) in [5, 5.41) is 10.9. The van der Waals surface area contributed by atoms with Crippen molar-refractivity contribution < 1.29 is 9.84 Å².